The predicted molar refractivity (Wildman–Crippen MR) is 140 cm³/mol. The van der Waals surface area contributed by atoms with E-state index in [4.69, 9.17) is 14.1 Å². The summed E-state index contributed by atoms with van der Waals surface area (Å²) in [6.07, 6.45) is 4.09. The monoisotopic (exact) mass is 480 g/mol. The lowest BCUT2D eigenvalue weighted by Crippen LogP contribution is -2.13. The molecule has 0 spiro atoms. The molecule has 0 aliphatic rings. The highest BCUT2D eigenvalue weighted by molar-refractivity contribution is 6.01. The Morgan fingerprint density at radius 1 is 1.08 bits per heavy atom. The molecule has 5 aromatic rings. The standard InChI is InChI=1S/C28H24N4O4/c1-16-8-10-22-21(12-16)28(34)19(15-36-22)9-11-26(33)29-25-14-18(3)31-32(25)24-13-17(2)20-6-5-7-23(35-4)27(20)30-24/h5-15H,1-4H3,(H,29,33)/b11-9+. The number of rotatable bonds is 5. The van der Waals surface area contributed by atoms with Gasteiger partial charge in [0, 0.05) is 17.5 Å². The van der Waals surface area contributed by atoms with Crippen LogP contribution < -0.4 is 15.5 Å². The van der Waals surface area contributed by atoms with Crippen LogP contribution in [-0.4, -0.2) is 27.8 Å². The van der Waals surface area contributed by atoms with E-state index in [0.717, 1.165) is 16.5 Å². The van der Waals surface area contributed by atoms with E-state index >= 15 is 0 Å². The van der Waals surface area contributed by atoms with Gasteiger partial charge in [0.2, 0.25) is 5.91 Å². The Hall–Kier alpha value is -4.72. The highest BCUT2D eigenvalue weighted by Gasteiger charge is 2.14. The summed E-state index contributed by atoms with van der Waals surface area (Å²) in [5.74, 6) is 1.22. The zero-order valence-electron chi connectivity index (χ0n) is 20.3. The summed E-state index contributed by atoms with van der Waals surface area (Å²) in [6, 6.07) is 14.8. The summed E-state index contributed by atoms with van der Waals surface area (Å²) in [4.78, 5) is 30.3. The van der Waals surface area contributed by atoms with Crippen LogP contribution in [0.15, 0.2) is 70.1 Å². The van der Waals surface area contributed by atoms with Gasteiger partial charge < -0.3 is 14.5 Å². The molecule has 0 bridgehead atoms. The largest absolute Gasteiger partial charge is 0.494 e. The van der Waals surface area contributed by atoms with E-state index < -0.39 is 5.91 Å². The molecule has 2 aromatic carbocycles. The maximum Gasteiger partial charge on any atom is 0.249 e. The van der Waals surface area contributed by atoms with E-state index in [-0.39, 0.29) is 11.0 Å². The van der Waals surface area contributed by atoms with Gasteiger partial charge in [0.25, 0.3) is 0 Å². The van der Waals surface area contributed by atoms with Crippen molar-refractivity contribution in [2.75, 3.05) is 12.4 Å². The molecular weight excluding hydrogens is 456 g/mol. The number of nitrogens with zero attached hydrogens (tertiary/aromatic N) is 3. The average Bonchev–Trinajstić information content (AvgIpc) is 3.23. The first-order valence-electron chi connectivity index (χ1n) is 11.4. The lowest BCUT2D eigenvalue weighted by atomic mass is 10.1. The molecule has 3 heterocycles. The number of carbonyl (C=O) groups is 1. The van der Waals surface area contributed by atoms with Gasteiger partial charge in [0.05, 0.1) is 23.8 Å². The van der Waals surface area contributed by atoms with Crippen molar-refractivity contribution in [3.63, 3.8) is 0 Å². The van der Waals surface area contributed by atoms with E-state index in [1.807, 2.05) is 51.1 Å². The van der Waals surface area contributed by atoms with Crippen molar-refractivity contribution < 1.29 is 13.9 Å². The second-order valence-electron chi connectivity index (χ2n) is 8.58. The number of anilines is 1. The molecule has 5 rings (SSSR count). The number of nitrogens with one attached hydrogen (secondary N) is 1. The fraction of sp³-hybridized carbons (Fsp3) is 0.143. The molecule has 3 aromatic heterocycles. The molecule has 0 fully saturated rings. The number of fused-ring (bicyclic) bond motifs is 2. The Kier molecular flexibility index (Phi) is 5.85. The van der Waals surface area contributed by atoms with E-state index in [1.54, 1.807) is 30.0 Å². The Labute approximate surface area is 206 Å². The van der Waals surface area contributed by atoms with E-state index in [1.165, 1.54) is 18.4 Å². The Morgan fingerprint density at radius 2 is 1.92 bits per heavy atom. The third kappa shape index (κ3) is 4.24. The summed E-state index contributed by atoms with van der Waals surface area (Å²) in [7, 11) is 1.60. The van der Waals surface area contributed by atoms with Crippen molar-refractivity contribution in [1.29, 1.82) is 0 Å². The number of ether oxygens (including phenoxy) is 1. The van der Waals surface area contributed by atoms with Gasteiger partial charge in [-0.15, -0.1) is 0 Å². The van der Waals surface area contributed by atoms with Crippen LogP contribution >= 0.6 is 0 Å². The number of para-hydroxylation sites is 1. The number of aryl methyl sites for hydroxylation is 3. The van der Waals surface area contributed by atoms with Gasteiger partial charge in [0.1, 0.15) is 28.9 Å². The van der Waals surface area contributed by atoms with E-state index in [0.29, 0.717) is 39.6 Å². The van der Waals surface area contributed by atoms with E-state index in [2.05, 4.69) is 10.4 Å². The molecule has 0 unspecified atom stereocenters. The van der Waals surface area contributed by atoms with Gasteiger partial charge in [0.15, 0.2) is 11.2 Å². The van der Waals surface area contributed by atoms with Crippen LogP contribution in [0.1, 0.15) is 22.4 Å². The number of amides is 1. The fourth-order valence-electron chi connectivity index (χ4n) is 4.12. The first-order valence-corrected chi connectivity index (χ1v) is 11.4. The normalized spacial score (nSPS) is 11.4. The van der Waals surface area contributed by atoms with Crippen LogP contribution in [0, 0.1) is 20.8 Å². The molecule has 1 N–H and O–H groups in total. The molecule has 0 saturated heterocycles. The summed E-state index contributed by atoms with van der Waals surface area (Å²) < 4.78 is 12.6. The Bertz CT molecular complexity index is 1730. The van der Waals surface area contributed by atoms with Crippen molar-refractivity contribution in [2.45, 2.75) is 20.8 Å². The third-order valence-corrected chi connectivity index (χ3v) is 5.88. The molecule has 8 heteroatoms. The second-order valence-corrected chi connectivity index (χ2v) is 8.58. The first kappa shape index (κ1) is 23.0. The minimum atomic E-state index is -0.421. The SMILES string of the molecule is COc1cccc2c(C)cc(-n3nc(C)cc3NC(=O)/C=C/c3coc4ccc(C)cc4c3=O)nc12. The van der Waals surface area contributed by atoms with Gasteiger partial charge in [-0.1, -0.05) is 23.8 Å². The van der Waals surface area contributed by atoms with E-state index in [9.17, 15) is 9.59 Å². The molecule has 0 aliphatic heterocycles. The van der Waals surface area contributed by atoms with Crippen molar-refractivity contribution in [2.24, 2.45) is 0 Å². The minimum Gasteiger partial charge on any atom is -0.494 e. The molecule has 0 radical (unpaired) electrons. The number of hydrogen-bond acceptors (Lipinski definition) is 6. The predicted octanol–water partition coefficient (Wildman–Crippen LogP) is 5.11. The van der Waals surface area contributed by atoms with Crippen molar-refractivity contribution >= 4 is 39.7 Å². The molecular formula is C28H24N4O4. The van der Waals surface area contributed by atoms with Gasteiger partial charge in [-0.25, -0.2) is 4.98 Å². The lowest BCUT2D eigenvalue weighted by Gasteiger charge is -2.11. The highest BCUT2D eigenvalue weighted by atomic mass is 16.5. The van der Waals surface area contributed by atoms with Gasteiger partial charge >= 0.3 is 0 Å². The Balaban J connectivity index is 1.46. The molecule has 0 atom stereocenters. The summed E-state index contributed by atoms with van der Waals surface area (Å²) >= 11 is 0. The first-order chi connectivity index (χ1) is 17.3. The van der Waals surface area contributed by atoms with Crippen LogP contribution in [0.25, 0.3) is 33.8 Å². The maximum absolute atomic E-state index is 12.8. The van der Waals surface area contributed by atoms with Crippen molar-refractivity contribution in [1.82, 2.24) is 14.8 Å². The summed E-state index contributed by atoms with van der Waals surface area (Å²) in [5.41, 5.74) is 3.95. The van der Waals surface area contributed by atoms with Gasteiger partial charge in [-0.3, -0.25) is 9.59 Å². The second kappa shape index (κ2) is 9.14. The Morgan fingerprint density at radius 3 is 2.72 bits per heavy atom. The van der Waals surface area contributed by atoms with Crippen LogP contribution in [0.2, 0.25) is 0 Å². The number of benzene rings is 2. The summed E-state index contributed by atoms with van der Waals surface area (Å²) in [6.45, 7) is 5.72. The van der Waals surface area contributed by atoms with Crippen molar-refractivity contribution in [3.8, 4) is 11.6 Å². The highest BCUT2D eigenvalue weighted by Crippen LogP contribution is 2.28. The van der Waals surface area contributed by atoms with Crippen LogP contribution in [0.5, 0.6) is 5.75 Å². The quantitative estimate of drug-likeness (QED) is 0.351. The molecule has 180 valence electrons. The zero-order valence-corrected chi connectivity index (χ0v) is 20.3. The van der Waals surface area contributed by atoms with Crippen LogP contribution in [0.3, 0.4) is 0 Å². The van der Waals surface area contributed by atoms with Crippen molar-refractivity contribution in [3.05, 3.63) is 93.5 Å². The molecule has 0 aliphatic carbocycles. The van der Waals surface area contributed by atoms with Crippen LogP contribution in [0.4, 0.5) is 5.82 Å². The number of carbonyl (C=O) groups excluding carboxylic acids is 1. The molecule has 36 heavy (non-hydrogen) atoms. The maximum atomic E-state index is 12.8. The topological polar surface area (TPSA) is 99.2 Å². The van der Waals surface area contributed by atoms with Gasteiger partial charge in [-0.05, 0) is 56.7 Å². The fourth-order valence-corrected chi connectivity index (χ4v) is 4.12. The molecule has 8 nitrogen and oxygen atoms in total. The van der Waals surface area contributed by atoms with Gasteiger partial charge in [-0.2, -0.15) is 9.78 Å². The van der Waals surface area contributed by atoms with Crippen LogP contribution in [-0.2, 0) is 4.79 Å². The number of hydrogen-bond donors (Lipinski definition) is 1. The lowest BCUT2D eigenvalue weighted by molar-refractivity contribution is -0.111. The summed E-state index contributed by atoms with van der Waals surface area (Å²) in [5, 5.41) is 8.80. The molecule has 0 saturated carbocycles. The smallest absolute Gasteiger partial charge is 0.249 e. The average molecular weight is 481 g/mol. The number of pyridine rings is 1. The third-order valence-electron chi connectivity index (χ3n) is 5.88. The minimum absolute atomic E-state index is 0.199. The number of methoxy groups -OCH3 is 1. The zero-order chi connectivity index (χ0) is 25.4. The number of aromatic nitrogens is 3. The molecule has 1 amide bonds.